The fraction of sp³-hybridized carbons (Fsp3) is 0.514. The van der Waals surface area contributed by atoms with E-state index in [4.69, 9.17) is 18.9 Å². The molecule has 3 aliphatic carbocycles. The molecule has 4 bridgehead atoms. The van der Waals surface area contributed by atoms with Crippen molar-refractivity contribution in [3.8, 4) is 0 Å². The van der Waals surface area contributed by atoms with E-state index in [0.717, 1.165) is 5.56 Å². The first-order chi connectivity index (χ1) is 21.0. The maximum atomic E-state index is 14.4. The van der Waals surface area contributed by atoms with Crippen LogP contribution in [0.3, 0.4) is 0 Å². The number of hydrogen-bond acceptors (Lipinski definition) is 10. The highest BCUT2D eigenvalue weighted by atomic mass is 16.6. The third-order valence-corrected chi connectivity index (χ3v) is 9.36. The lowest BCUT2D eigenvalue weighted by Crippen LogP contribution is -2.57. The van der Waals surface area contributed by atoms with Gasteiger partial charge in [0.25, 0.3) is 0 Å². The van der Waals surface area contributed by atoms with Crippen LogP contribution in [0.4, 0.5) is 0 Å². The van der Waals surface area contributed by atoms with Gasteiger partial charge < -0.3 is 24.1 Å². The molecule has 0 heterocycles. The Kier molecular flexibility index (Phi) is 9.87. The van der Waals surface area contributed by atoms with Gasteiger partial charge in [-0.2, -0.15) is 0 Å². The zero-order chi connectivity index (χ0) is 33.3. The number of rotatable bonds is 6. The Morgan fingerprint density at radius 1 is 0.867 bits per heavy atom. The minimum atomic E-state index is -1.63. The van der Waals surface area contributed by atoms with Crippen molar-refractivity contribution in [3.05, 3.63) is 64.8 Å². The molecule has 0 spiro atoms. The summed E-state index contributed by atoms with van der Waals surface area (Å²) in [6.45, 7) is 10.8. The van der Waals surface area contributed by atoms with Crippen molar-refractivity contribution in [2.75, 3.05) is 0 Å². The smallest absolute Gasteiger partial charge is 0.331 e. The lowest BCUT2D eigenvalue weighted by Gasteiger charge is -2.51. The molecule has 4 rings (SSSR count). The molecule has 0 amide bonds. The Bertz CT molecular complexity index is 1450. The van der Waals surface area contributed by atoms with E-state index in [2.05, 4.69) is 0 Å². The van der Waals surface area contributed by atoms with E-state index in [1.165, 1.54) is 26.8 Å². The van der Waals surface area contributed by atoms with E-state index in [1.807, 2.05) is 44.2 Å². The van der Waals surface area contributed by atoms with Crippen LogP contribution in [-0.2, 0) is 42.9 Å². The summed E-state index contributed by atoms with van der Waals surface area (Å²) >= 11 is 0. The van der Waals surface area contributed by atoms with Gasteiger partial charge in [-0.3, -0.25) is 19.2 Å². The highest BCUT2D eigenvalue weighted by Gasteiger charge is 2.57. The van der Waals surface area contributed by atoms with E-state index in [1.54, 1.807) is 26.0 Å². The minimum Gasteiger partial charge on any atom is -0.462 e. The molecule has 3 aliphatic rings. The highest BCUT2D eigenvalue weighted by Crippen LogP contribution is 2.53. The molecular formula is C35H42O10. The predicted octanol–water partition coefficient (Wildman–Crippen LogP) is 4.44. The van der Waals surface area contributed by atoms with Crippen LogP contribution in [0.25, 0.3) is 6.08 Å². The lowest BCUT2D eigenvalue weighted by molar-refractivity contribution is -0.174. The Morgan fingerprint density at radius 2 is 1.49 bits per heavy atom. The van der Waals surface area contributed by atoms with Crippen molar-refractivity contribution in [3.63, 3.8) is 0 Å². The molecular weight excluding hydrogens is 580 g/mol. The lowest BCUT2D eigenvalue weighted by atomic mass is 9.57. The van der Waals surface area contributed by atoms with Crippen LogP contribution in [-0.4, -0.2) is 65.3 Å². The van der Waals surface area contributed by atoms with Gasteiger partial charge in [-0.1, -0.05) is 51.1 Å². The predicted molar refractivity (Wildman–Crippen MR) is 163 cm³/mol. The second-order valence-corrected chi connectivity index (χ2v) is 13.0. The van der Waals surface area contributed by atoms with E-state index in [0.29, 0.717) is 11.1 Å². The number of esters is 4. The van der Waals surface area contributed by atoms with Crippen molar-refractivity contribution >= 4 is 35.7 Å². The number of Topliss-reactive ketones (excluding diaryl/α,β-unsaturated/α-hetero) is 1. The molecule has 1 N–H and O–H groups in total. The first-order valence-corrected chi connectivity index (χ1v) is 15.1. The van der Waals surface area contributed by atoms with E-state index >= 15 is 0 Å². The number of fused-ring (bicyclic) bond motifs is 4. The van der Waals surface area contributed by atoms with Crippen LogP contribution in [0.1, 0.15) is 73.3 Å². The minimum absolute atomic E-state index is 0.00279. The van der Waals surface area contributed by atoms with Gasteiger partial charge in [0.1, 0.15) is 30.5 Å². The number of ketones is 1. The summed E-state index contributed by atoms with van der Waals surface area (Å²) in [5.41, 5.74) is -0.229. The van der Waals surface area contributed by atoms with Crippen LogP contribution in [0, 0.1) is 16.7 Å². The van der Waals surface area contributed by atoms with Crippen molar-refractivity contribution in [1.82, 2.24) is 0 Å². The maximum Gasteiger partial charge on any atom is 0.331 e. The standard InChI is InChI=1S/C35H42O10/c1-19-26(42-20(2)36)16-25-28(43-21(3)37)15-24-18-35(7,33(41)32(40)31(19)34(25,5)6)29(44-22(4)38)17-27(24)45-30(39)14-13-23-11-9-8-10-12-23/h8-15,25-29,33,41H,16-18H2,1-7H3/b14-13+,24-15+/t25-,26-,27-,28-,29-,33+,35-/m0/s1. The molecule has 242 valence electrons. The van der Waals surface area contributed by atoms with Gasteiger partial charge >= 0.3 is 23.9 Å². The van der Waals surface area contributed by atoms with Crippen LogP contribution in [0.15, 0.2) is 59.2 Å². The molecule has 1 aromatic rings. The number of hydrogen-bond donors (Lipinski definition) is 1. The van der Waals surface area contributed by atoms with Gasteiger partial charge in [0.05, 0.1) is 0 Å². The van der Waals surface area contributed by atoms with Crippen LogP contribution in [0.5, 0.6) is 0 Å². The summed E-state index contributed by atoms with van der Waals surface area (Å²) in [5, 5.41) is 11.9. The Balaban J connectivity index is 1.88. The normalized spacial score (nSPS) is 32.2. The first-order valence-electron chi connectivity index (χ1n) is 15.1. The summed E-state index contributed by atoms with van der Waals surface area (Å²) in [6.07, 6.45) is -0.458. The number of aliphatic hydroxyl groups excluding tert-OH is 1. The second-order valence-electron chi connectivity index (χ2n) is 13.0. The van der Waals surface area contributed by atoms with Crippen molar-refractivity contribution < 1.29 is 48.0 Å². The van der Waals surface area contributed by atoms with Crippen LogP contribution < -0.4 is 0 Å². The van der Waals surface area contributed by atoms with Gasteiger partial charge in [0.2, 0.25) is 0 Å². The maximum absolute atomic E-state index is 14.4. The third-order valence-electron chi connectivity index (χ3n) is 9.36. The molecule has 45 heavy (non-hydrogen) atoms. The third kappa shape index (κ3) is 7.11. The number of aliphatic hydroxyl groups is 1. The molecule has 1 saturated carbocycles. The quantitative estimate of drug-likeness (QED) is 0.209. The molecule has 1 aromatic carbocycles. The fourth-order valence-corrected chi connectivity index (χ4v) is 7.16. The summed E-state index contributed by atoms with van der Waals surface area (Å²) in [4.78, 5) is 64.3. The topological polar surface area (TPSA) is 143 Å². The van der Waals surface area contributed by atoms with E-state index in [-0.39, 0.29) is 24.8 Å². The van der Waals surface area contributed by atoms with Crippen LogP contribution >= 0.6 is 0 Å². The number of ether oxygens (including phenoxy) is 4. The zero-order valence-electron chi connectivity index (χ0n) is 26.8. The average Bonchev–Trinajstić information content (AvgIpc) is 2.94. The fourth-order valence-electron chi connectivity index (χ4n) is 7.16. The molecule has 0 radical (unpaired) electrons. The highest BCUT2D eigenvalue weighted by molar-refractivity contribution is 6.01. The average molecular weight is 623 g/mol. The summed E-state index contributed by atoms with van der Waals surface area (Å²) in [5.74, 6) is -3.54. The Hall–Kier alpha value is -4.05. The molecule has 1 fully saturated rings. The Morgan fingerprint density at radius 3 is 2.09 bits per heavy atom. The molecule has 0 unspecified atom stereocenters. The van der Waals surface area contributed by atoms with Crippen LogP contribution in [0.2, 0.25) is 0 Å². The monoisotopic (exact) mass is 622 g/mol. The summed E-state index contributed by atoms with van der Waals surface area (Å²) in [7, 11) is 0. The largest absolute Gasteiger partial charge is 0.462 e. The number of benzene rings is 1. The number of carbonyl (C=O) groups excluding carboxylic acids is 5. The SMILES string of the molecule is CC(=O)O[C@H]1C[C@H]2[C@@H](OC(C)=O)/C=C3\C[C@@](C)([C@@H](OC(C)=O)C[C@@H]3OC(=O)/C=C/c3ccccc3)[C@H](O)C(=O)C(=C1C)C2(C)C. The second kappa shape index (κ2) is 13.1. The molecule has 10 heteroatoms. The molecule has 10 nitrogen and oxygen atoms in total. The molecule has 0 aromatic heterocycles. The van der Waals surface area contributed by atoms with Crippen molar-refractivity contribution in [1.29, 1.82) is 0 Å². The van der Waals surface area contributed by atoms with E-state index < -0.39 is 76.9 Å². The zero-order valence-corrected chi connectivity index (χ0v) is 26.8. The summed E-state index contributed by atoms with van der Waals surface area (Å²) in [6, 6.07) is 9.20. The van der Waals surface area contributed by atoms with Gasteiger partial charge in [-0.15, -0.1) is 0 Å². The summed E-state index contributed by atoms with van der Waals surface area (Å²) < 4.78 is 23.1. The molecule has 0 saturated heterocycles. The van der Waals surface area contributed by atoms with Crippen molar-refractivity contribution in [2.45, 2.75) is 98.2 Å². The van der Waals surface area contributed by atoms with Crippen molar-refractivity contribution in [2.24, 2.45) is 16.7 Å². The molecule has 7 atom stereocenters. The van der Waals surface area contributed by atoms with E-state index in [9.17, 15) is 29.1 Å². The van der Waals surface area contributed by atoms with Gasteiger partial charge in [-0.05, 0) is 48.6 Å². The van der Waals surface area contributed by atoms with Gasteiger partial charge in [0.15, 0.2) is 5.78 Å². The van der Waals surface area contributed by atoms with Gasteiger partial charge in [0, 0.05) is 55.6 Å². The molecule has 0 aliphatic heterocycles. The Labute approximate surface area is 263 Å². The van der Waals surface area contributed by atoms with Gasteiger partial charge in [-0.25, -0.2) is 4.79 Å². The first kappa shape index (κ1) is 33.8. The number of carbonyl (C=O) groups is 5.